The highest BCUT2D eigenvalue weighted by molar-refractivity contribution is 5.99. The van der Waals surface area contributed by atoms with Gasteiger partial charge in [-0.1, -0.05) is 0 Å². The normalized spacial score (nSPS) is 12.4. The topological polar surface area (TPSA) is 95.1 Å². The van der Waals surface area contributed by atoms with Gasteiger partial charge in [0.15, 0.2) is 0 Å². The van der Waals surface area contributed by atoms with Crippen LogP contribution in [0.1, 0.15) is 10.4 Å². The maximum atomic E-state index is 12.7. The molecule has 124 valence electrons. The average molecular weight is 337 g/mol. The monoisotopic (exact) mass is 337 g/mol. The number of hydrogen-bond donors (Lipinski definition) is 3. The molecule has 0 unspecified atom stereocenters. The number of nitrogens with one attached hydrogen (secondary N) is 2. The lowest BCUT2D eigenvalue weighted by Gasteiger charge is -2.19. The lowest BCUT2D eigenvalue weighted by molar-refractivity contribution is -0.278. The van der Waals surface area contributed by atoms with Crippen molar-refractivity contribution in [1.29, 1.82) is 0 Å². The predicted octanol–water partition coefficient (Wildman–Crippen LogP) is 1.56. The van der Waals surface area contributed by atoms with Crippen molar-refractivity contribution in [3.05, 3.63) is 34.4 Å². The van der Waals surface area contributed by atoms with Crippen LogP contribution in [0, 0.1) is 0 Å². The van der Waals surface area contributed by atoms with Crippen LogP contribution in [0.2, 0.25) is 0 Å². The Bertz CT molecular complexity index is 816. The summed E-state index contributed by atoms with van der Waals surface area (Å²) in [6.45, 7) is -1.97. The van der Waals surface area contributed by atoms with Crippen molar-refractivity contribution in [3.8, 4) is 5.75 Å². The highest BCUT2D eigenvalue weighted by Gasteiger charge is 2.57. The molecule has 1 heterocycles. The maximum Gasteiger partial charge on any atom is 0.455 e. The van der Waals surface area contributed by atoms with Crippen LogP contribution < -0.4 is 10.9 Å². The molecule has 0 radical (unpaired) electrons. The summed E-state index contributed by atoms with van der Waals surface area (Å²) in [5.41, 5.74) is -1.34. The quantitative estimate of drug-likeness (QED) is 0.741. The van der Waals surface area contributed by atoms with Crippen LogP contribution >= 0.6 is 0 Å². The molecule has 0 aliphatic carbocycles. The lowest BCUT2D eigenvalue weighted by Crippen LogP contribution is -2.46. The molecular weight excluding hydrogens is 329 g/mol. The molecule has 0 saturated carbocycles. The average Bonchev–Trinajstić information content (AvgIpc) is 2.44. The van der Waals surface area contributed by atoms with Gasteiger partial charge in [0.1, 0.15) is 11.3 Å². The number of hydrogen-bond acceptors (Lipinski definition) is 4. The molecule has 2 rings (SSSR count). The first-order valence-corrected chi connectivity index (χ1v) is 5.96. The van der Waals surface area contributed by atoms with Crippen LogP contribution in [0.4, 0.5) is 22.0 Å². The Morgan fingerprint density at radius 3 is 2.52 bits per heavy atom. The maximum absolute atomic E-state index is 12.7. The Hall–Kier alpha value is -2.72. The van der Waals surface area contributed by atoms with E-state index in [0.29, 0.717) is 0 Å². The molecule has 0 bridgehead atoms. The molecule has 1 amide bonds. The molecule has 0 spiro atoms. The van der Waals surface area contributed by atoms with E-state index in [4.69, 9.17) is 0 Å². The number of rotatable bonds is 3. The van der Waals surface area contributed by atoms with Crippen LogP contribution in [0.25, 0.3) is 10.9 Å². The van der Waals surface area contributed by atoms with E-state index in [-0.39, 0.29) is 10.9 Å². The molecule has 0 saturated heterocycles. The van der Waals surface area contributed by atoms with Gasteiger partial charge in [-0.25, -0.2) is 4.98 Å². The minimum atomic E-state index is -5.81. The summed E-state index contributed by atoms with van der Waals surface area (Å²) >= 11 is 0. The van der Waals surface area contributed by atoms with Gasteiger partial charge in [0.2, 0.25) is 0 Å². The van der Waals surface area contributed by atoms with Crippen LogP contribution in [-0.2, 0) is 0 Å². The minimum absolute atomic E-state index is 0.147. The highest BCUT2D eigenvalue weighted by atomic mass is 19.4. The highest BCUT2D eigenvalue weighted by Crippen LogP contribution is 2.34. The molecule has 0 aliphatic heterocycles. The third kappa shape index (κ3) is 3.22. The second-order valence-electron chi connectivity index (χ2n) is 4.51. The van der Waals surface area contributed by atoms with Gasteiger partial charge in [-0.05, 0) is 12.1 Å². The van der Waals surface area contributed by atoms with E-state index in [1.54, 1.807) is 0 Å². The third-order valence-electron chi connectivity index (χ3n) is 2.87. The first-order valence-electron chi connectivity index (χ1n) is 5.96. The van der Waals surface area contributed by atoms with E-state index in [2.05, 4.69) is 9.97 Å². The summed E-state index contributed by atoms with van der Waals surface area (Å²) in [6.07, 6.45) is -4.82. The summed E-state index contributed by atoms with van der Waals surface area (Å²) < 4.78 is 61.5. The lowest BCUT2D eigenvalue weighted by atomic mass is 10.1. The van der Waals surface area contributed by atoms with E-state index in [0.717, 1.165) is 18.5 Å². The molecule has 2 aromatic rings. The fourth-order valence-electron chi connectivity index (χ4n) is 1.69. The van der Waals surface area contributed by atoms with Crippen molar-refractivity contribution in [1.82, 2.24) is 15.3 Å². The SMILES string of the molecule is O=C(NCC(F)(F)C(F)(F)F)c1cc(O)c2nc[nH]c(=O)c2c1. The van der Waals surface area contributed by atoms with Gasteiger partial charge in [-0.2, -0.15) is 22.0 Å². The zero-order valence-electron chi connectivity index (χ0n) is 11.0. The van der Waals surface area contributed by atoms with Crippen molar-refractivity contribution in [2.75, 3.05) is 6.54 Å². The second-order valence-corrected chi connectivity index (χ2v) is 4.51. The van der Waals surface area contributed by atoms with Gasteiger partial charge in [0.25, 0.3) is 11.5 Å². The number of carbonyl (C=O) groups excluding carboxylic acids is 1. The van der Waals surface area contributed by atoms with Gasteiger partial charge in [-0.3, -0.25) is 9.59 Å². The molecule has 3 N–H and O–H groups in total. The fraction of sp³-hybridized carbons (Fsp3) is 0.250. The number of halogens is 5. The third-order valence-corrected chi connectivity index (χ3v) is 2.87. The number of phenolic OH excluding ortho intramolecular Hbond substituents is 1. The van der Waals surface area contributed by atoms with Crippen molar-refractivity contribution in [3.63, 3.8) is 0 Å². The molecule has 6 nitrogen and oxygen atoms in total. The van der Waals surface area contributed by atoms with E-state index >= 15 is 0 Å². The minimum Gasteiger partial charge on any atom is -0.506 e. The summed E-state index contributed by atoms with van der Waals surface area (Å²) in [4.78, 5) is 29.0. The summed E-state index contributed by atoms with van der Waals surface area (Å²) in [5, 5.41) is 10.8. The number of nitrogens with zero attached hydrogens (tertiary/aromatic N) is 1. The van der Waals surface area contributed by atoms with Crippen molar-refractivity contribution < 1.29 is 31.9 Å². The Labute approximate surface area is 124 Å². The standard InChI is InChI=1S/C12H8F5N3O3/c13-11(14,12(15,16)17)3-18-9(22)5-1-6-8(7(21)2-5)19-4-20-10(6)23/h1-2,4,21H,3H2,(H,18,22)(H,19,20,23). The summed E-state index contributed by atoms with van der Waals surface area (Å²) in [6, 6.07) is 1.72. The van der Waals surface area contributed by atoms with Crippen LogP contribution in [0.5, 0.6) is 5.75 Å². The molecular formula is C12H8F5N3O3. The van der Waals surface area contributed by atoms with Crippen molar-refractivity contribution in [2.45, 2.75) is 12.1 Å². The Balaban J connectivity index is 2.29. The number of H-pyrrole nitrogens is 1. The number of aromatic nitrogens is 2. The molecule has 1 aromatic heterocycles. The van der Waals surface area contributed by atoms with Crippen LogP contribution in [0.3, 0.4) is 0 Å². The Morgan fingerprint density at radius 2 is 1.91 bits per heavy atom. The molecule has 0 aliphatic rings. The number of alkyl halides is 5. The Kier molecular flexibility index (Phi) is 3.97. The van der Waals surface area contributed by atoms with Gasteiger partial charge >= 0.3 is 12.1 Å². The predicted molar refractivity (Wildman–Crippen MR) is 67.4 cm³/mol. The first-order chi connectivity index (χ1) is 10.5. The van der Waals surface area contributed by atoms with Gasteiger partial charge in [0, 0.05) is 5.56 Å². The fourth-order valence-corrected chi connectivity index (χ4v) is 1.69. The zero-order valence-corrected chi connectivity index (χ0v) is 11.0. The van der Waals surface area contributed by atoms with Gasteiger partial charge in [-0.15, -0.1) is 0 Å². The molecule has 11 heteroatoms. The number of aromatic amines is 1. The van der Waals surface area contributed by atoms with Crippen molar-refractivity contribution in [2.24, 2.45) is 0 Å². The smallest absolute Gasteiger partial charge is 0.455 e. The number of benzene rings is 1. The zero-order chi connectivity index (χ0) is 17.4. The number of phenols is 1. The second kappa shape index (κ2) is 5.48. The number of amides is 1. The van der Waals surface area contributed by atoms with Crippen LogP contribution in [-0.4, -0.2) is 39.6 Å². The first kappa shape index (κ1) is 16.6. The number of aromatic hydroxyl groups is 1. The van der Waals surface area contributed by atoms with E-state index in [9.17, 15) is 36.6 Å². The largest absolute Gasteiger partial charge is 0.506 e. The number of carbonyl (C=O) groups is 1. The van der Waals surface area contributed by atoms with Gasteiger partial charge in [0.05, 0.1) is 18.3 Å². The van der Waals surface area contributed by atoms with Gasteiger partial charge < -0.3 is 15.4 Å². The van der Waals surface area contributed by atoms with Crippen LogP contribution in [0.15, 0.2) is 23.3 Å². The van der Waals surface area contributed by atoms with E-state index < -0.39 is 41.4 Å². The molecule has 1 aromatic carbocycles. The molecule has 23 heavy (non-hydrogen) atoms. The Morgan fingerprint density at radius 1 is 1.26 bits per heavy atom. The summed E-state index contributed by atoms with van der Waals surface area (Å²) in [5.74, 6) is -7.02. The molecule has 0 fully saturated rings. The van der Waals surface area contributed by atoms with E-state index in [1.807, 2.05) is 0 Å². The summed E-state index contributed by atoms with van der Waals surface area (Å²) in [7, 11) is 0. The molecule has 0 atom stereocenters. The van der Waals surface area contributed by atoms with Crippen molar-refractivity contribution >= 4 is 16.8 Å². The van der Waals surface area contributed by atoms with E-state index in [1.165, 1.54) is 5.32 Å². The number of fused-ring (bicyclic) bond motifs is 1.